The molecular weight excluding hydrogens is 1960 g/mol. The van der Waals surface area contributed by atoms with Crippen molar-refractivity contribution in [2.75, 3.05) is 39.2 Å². The average Bonchev–Trinajstić information content (AvgIpc) is 1.65. The van der Waals surface area contributed by atoms with Crippen molar-refractivity contribution in [1.82, 2.24) is 34.9 Å². The maximum atomic E-state index is 4.80. The number of aryl methyl sites for hydroxylation is 7. The molecule has 13 aromatic rings. The summed E-state index contributed by atoms with van der Waals surface area (Å²) in [5, 5.41) is 0. The Hall–Kier alpha value is -9.63. The van der Waals surface area contributed by atoms with Crippen molar-refractivity contribution < 1.29 is 80.4 Å². The zero-order valence-corrected chi connectivity index (χ0v) is 65.7. The van der Waals surface area contributed by atoms with Crippen molar-refractivity contribution in [3.63, 3.8) is 0 Å². The van der Waals surface area contributed by atoms with Gasteiger partial charge in [-0.15, -0.1) is 49.4 Å². The molecule has 4 aromatic heterocycles. The first-order valence-electron chi connectivity index (χ1n) is 31.9. The van der Waals surface area contributed by atoms with E-state index in [0.29, 0.717) is 0 Å². The van der Waals surface area contributed by atoms with Crippen LogP contribution in [0.25, 0.3) is 11.1 Å². The number of anilines is 16. The quantitative estimate of drug-likeness (QED) is 0.128. The second-order valence-electron chi connectivity index (χ2n) is 23.4. The third-order valence-corrected chi connectivity index (χ3v) is 16.5. The van der Waals surface area contributed by atoms with E-state index in [1.165, 1.54) is 22.3 Å². The molecule has 0 atom stereocenters. The molecule has 17 rings (SSSR count). The second-order valence-corrected chi connectivity index (χ2v) is 23.4. The van der Waals surface area contributed by atoms with Crippen LogP contribution >= 0.6 is 0 Å². The monoisotopic (exact) mass is 2030 g/mol. The number of fused-ring (bicyclic) bond motifs is 4. The summed E-state index contributed by atoms with van der Waals surface area (Å²) in [6.07, 6.45) is 5.40. The maximum absolute atomic E-state index is 4.80. The largest absolute Gasteiger partial charge is 0.478 e. The van der Waals surface area contributed by atoms with Gasteiger partial charge in [0.2, 0.25) is 0 Å². The Balaban J connectivity index is 0.000000144. The van der Waals surface area contributed by atoms with Crippen LogP contribution in [0.5, 0.6) is 0 Å². The summed E-state index contributed by atoms with van der Waals surface area (Å²) in [6, 6.07) is 92.6. The molecule has 0 saturated carbocycles. The molecule has 8 heterocycles. The van der Waals surface area contributed by atoms with E-state index in [1.54, 1.807) is 18.6 Å². The van der Waals surface area contributed by atoms with Gasteiger partial charge in [-0.05, 0) is 107 Å². The van der Waals surface area contributed by atoms with Gasteiger partial charge in [-0.1, -0.05) is 103 Å². The van der Waals surface area contributed by atoms with Gasteiger partial charge in [0.1, 0.15) is 40.7 Å². The third kappa shape index (κ3) is 15.9. The Morgan fingerprint density at radius 2 is 0.554 bits per heavy atom. The van der Waals surface area contributed by atoms with Crippen LogP contribution in [-0.2, 0) is 80.4 Å². The number of benzene rings is 9. The maximum Gasteiger partial charge on any atom is 0.146 e. The third-order valence-electron chi connectivity index (χ3n) is 16.5. The number of hydrogen-bond donors (Lipinski definition) is 0. The Bertz CT molecular complexity index is 4750. The predicted molar refractivity (Wildman–Crippen MR) is 390 cm³/mol. The summed E-state index contributed by atoms with van der Waals surface area (Å²) in [5.41, 5.74) is 18.9. The minimum Gasteiger partial charge on any atom is -0.478 e. The second kappa shape index (κ2) is 33.7. The minimum atomic E-state index is 0. The van der Waals surface area contributed by atoms with Crippen LogP contribution in [0.1, 0.15) is 39.5 Å². The Kier molecular flexibility index (Phi) is 24.7. The molecule has 101 heavy (non-hydrogen) atoms. The number of rotatable bonds is 9. The van der Waals surface area contributed by atoms with Crippen molar-refractivity contribution in [3.05, 3.63) is 346 Å². The summed E-state index contributed by atoms with van der Waals surface area (Å²) < 4.78 is 0. The van der Waals surface area contributed by atoms with Gasteiger partial charge >= 0.3 is 0 Å². The Morgan fingerprint density at radius 1 is 0.248 bits per heavy atom. The molecule has 0 saturated heterocycles. The predicted octanol–water partition coefficient (Wildman–Crippen LogP) is 19.2. The summed E-state index contributed by atoms with van der Waals surface area (Å²) in [7, 11) is 0. The zero-order chi connectivity index (χ0) is 66.4. The van der Waals surface area contributed by atoms with Crippen LogP contribution in [0, 0.1) is 99.4 Å². The van der Waals surface area contributed by atoms with Crippen LogP contribution in [0.4, 0.5) is 91.9 Å². The van der Waals surface area contributed by atoms with Gasteiger partial charge < -0.3 is 39.2 Å². The molecule has 0 N–H and O–H groups in total. The van der Waals surface area contributed by atoms with E-state index in [0.717, 1.165) is 120 Å². The van der Waals surface area contributed by atoms with E-state index in [9.17, 15) is 0 Å². The molecule has 0 fully saturated rings. The summed E-state index contributed by atoms with van der Waals surface area (Å²) in [4.78, 5) is 49.5. The topological polar surface area (TPSA) is 116 Å². The van der Waals surface area contributed by atoms with Crippen LogP contribution in [-0.4, -0.2) is 34.9 Å². The SMILES string of the molecule is Cc1ccc2c(n1)N(c1[c-]cccc1)[CH-]N2c1ccccc1C.Cc1cnc2c(n1)N(c1[c-]cccc1)[CH-]N2c1ccccc1C.Cc1cnc2c(n1)N(c1ccccc1-c1ccccc1)[CH-]N2c1[c-]cccc1.Cc1cnc2c(n1)N(c1ccccc1C)[CH-]N2c1[c-]cccc1.[Ir].[Ir].[Ir].[Ir]. The van der Waals surface area contributed by atoms with Crippen molar-refractivity contribution in [1.29, 1.82) is 0 Å². The van der Waals surface area contributed by atoms with E-state index < -0.39 is 0 Å². The molecule has 0 bridgehead atoms. The fourth-order valence-corrected chi connectivity index (χ4v) is 11.8. The van der Waals surface area contributed by atoms with Crippen LogP contribution < -0.4 is 39.2 Å². The molecule has 0 amide bonds. The van der Waals surface area contributed by atoms with E-state index in [2.05, 4.69) is 205 Å². The molecule has 0 aliphatic carbocycles. The normalized spacial score (nSPS) is 12.7. The number of para-hydroxylation sites is 8. The Labute approximate surface area is 646 Å². The van der Waals surface area contributed by atoms with E-state index in [-0.39, 0.29) is 80.4 Å². The van der Waals surface area contributed by atoms with Gasteiger partial charge in [0.15, 0.2) is 0 Å². The van der Waals surface area contributed by atoms with E-state index >= 15 is 0 Å². The number of aromatic nitrogens is 7. The molecule has 19 heteroatoms. The summed E-state index contributed by atoms with van der Waals surface area (Å²) in [6.45, 7) is 22.4. The number of pyridine rings is 1. The first kappa shape index (κ1) is 74.1. The molecule has 0 unspecified atom stereocenters. The van der Waals surface area contributed by atoms with Gasteiger partial charge in [-0.25, -0.2) is 34.9 Å². The van der Waals surface area contributed by atoms with Gasteiger partial charge in [-0.2, -0.15) is 121 Å². The molecule has 4 radical (unpaired) electrons. The molecule has 9 aromatic carbocycles. The molecule has 4 aliphatic heterocycles. The molecular formula is C82H67Ir4N15-8. The fraction of sp³-hybridized carbons (Fsp3) is 0.0854. The zero-order valence-electron chi connectivity index (χ0n) is 56.1. The van der Waals surface area contributed by atoms with Crippen molar-refractivity contribution >= 4 is 91.9 Å². The van der Waals surface area contributed by atoms with Crippen molar-refractivity contribution in [2.24, 2.45) is 0 Å². The standard InChI is InChI=1S/C24H18N4.C20H17N3.2C19H16N4.4Ir/c1-18-16-25-23-24(26-18)28(17-27(23)20-12-6-3-7-13-20)22-15-9-8-14-21(22)19-10-4-2-5-11-19;1-15-8-6-7-11-18(15)23-14-22(17-9-4-3-5-10-17)20-19(23)13-12-16(2)21-20;1-14-8-6-7-11-17(14)23-13-22(16-9-4-3-5-10-16)19-18(23)20-12-15(2)21-19;1-14-8-6-7-11-17(14)23-13-22(16-9-4-3-5-10-16)18-19(23)21-15(2)12-20-18;;;;/h2-12,14-17H,1H3;3-9,11-14H,1-2H3;2*3-9,11-13H,1-2H3;;;;/q4*-2;;;;. The smallest absolute Gasteiger partial charge is 0.146 e. The molecule has 15 nitrogen and oxygen atoms in total. The average molecular weight is 2030 g/mol. The van der Waals surface area contributed by atoms with Crippen LogP contribution in [0.3, 0.4) is 0 Å². The molecule has 0 spiro atoms. The van der Waals surface area contributed by atoms with E-state index in [1.807, 2.05) is 190 Å². The Morgan fingerprint density at radius 3 is 0.970 bits per heavy atom. The number of nitrogens with zero attached hydrogens (tertiary/aromatic N) is 15. The van der Waals surface area contributed by atoms with Crippen molar-refractivity contribution in [3.8, 4) is 11.1 Å². The number of hydrogen-bond acceptors (Lipinski definition) is 15. The minimum absolute atomic E-state index is 0. The van der Waals surface area contributed by atoms with Gasteiger partial charge in [0.25, 0.3) is 0 Å². The molecule has 4 aliphatic rings. The summed E-state index contributed by atoms with van der Waals surface area (Å²) >= 11 is 0. The first-order valence-corrected chi connectivity index (χ1v) is 31.9. The van der Waals surface area contributed by atoms with Crippen LogP contribution in [0.15, 0.2) is 255 Å². The fourth-order valence-electron chi connectivity index (χ4n) is 11.8. The van der Waals surface area contributed by atoms with Crippen LogP contribution in [0.2, 0.25) is 0 Å². The summed E-state index contributed by atoms with van der Waals surface area (Å²) in [5.74, 6) is 5.89. The van der Waals surface area contributed by atoms with E-state index in [4.69, 9.17) is 15.0 Å². The first-order chi connectivity index (χ1) is 47.5. The van der Waals surface area contributed by atoms with Crippen molar-refractivity contribution in [2.45, 2.75) is 48.5 Å². The molecule has 514 valence electrons. The van der Waals surface area contributed by atoms with Gasteiger partial charge in [0.05, 0.1) is 41.4 Å². The van der Waals surface area contributed by atoms with Gasteiger partial charge in [-0.3, -0.25) is 0 Å². The van der Waals surface area contributed by atoms with Gasteiger partial charge in [0, 0.05) is 114 Å².